The van der Waals surface area contributed by atoms with Gasteiger partial charge < -0.3 is 4.74 Å². The molecule has 0 bridgehead atoms. The molecule has 196 valence electrons. The van der Waals surface area contributed by atoms with Crippen LogP contribution < -0.4 is 0 Å². The molecule has 3 aliphatic rings. The lowest BCUT2D eigenvalue weighted by Gasteiger charge is -2.32. The number of hydrogen-bond donors (Lipinski definition) is 0. The van der Waals surface area contributed by atoms with Crippen LogP contribution in [0.4, 0.5) is 13.2 Å². The van der Waals surface area contributed by atoms with Crippen LogP contribution in [0.2, 0.25) is 0 Å². The molecule has 0 aromatic heterocycles. The largest absolute Gasteiger partial charge is 0.378 e. The minimum Gasteiger partial charge on any atom is -0.378 e. The lowest BCUT2D eigenvalue weighted by atomic mass is 9.76. The summed E-state index contributed by atoms with van der Waals surface area (Å²) in [6, 6.07) is 3.72. The van der Waals surface area contributed by atoms with E-state index < -0.39 is 11.6 Å². The summed E-state index contributed by atoms with van der Waals surface area (Å²) in [6.45, 7) is 4.94. The quantitative estimate of drug-likeness (QED) is 0.335. The summed E-state index contributed by atoms with van der Waals surface area (Å²) in [7, 11) is 0. The first kappa shape index (κ1) is 26.8. The van der Waals surface area contributed by atoms with Crippen LogP contribution in [-0.4, -0.2) is 12.7 Å². The van der Waals surface area contributed by atoms with Gasteiger partial charge in [0.1, 0.15) is 0 Å². The fourth-order valence-corrected chi connectivity index (χ4v) is 6.75. The minimum absolute atomic E-state index is 0.0561. The molecule has 0 radical (unpaired) electrons. The Kier molecular flexibility index (Phi) is 9.78. The normalized spacial score (nSPS) is 31.9. The summed E-state index contributed by atoms with van der Waals surface area (Å²) in [5.41, 5.74) is 1.13. The van der Waals surface area contributed by atoms with Crippen molar-refractivity contribution in [3.05, 3.63) is 46.8 Å². The Balaban J connectivity index is 1.26. The van der Waals surface area contributed by atoms with Gasteiger partial charge in [0.2, 0.25) is 0 Å². The molecule has 0 saturated heterocycles. The minimum atomic E-state index is -0.620. The molecular formula is C31H45F3O. The van der Waals surface area contributed by atoms with Crippen LogP contribution in [0.3, 0.4) is 0 Å². The van der Waals surface area contributed by atoms with Crippen molar-refractivity contribution in [3.63, 3.8) is 0 Å². The van der Waals surface area contributed by atoms with Gasteiger partial charge in [-0.3, -0.25) is 0 Å². The molecule has 2 saturated carbocycles. The molecule has 0 amide bonds. The van der Waals surface area contributed by atoms with Crippen molar-refractivity contribution in [2.24, 2.45) is 17.8 Å². The van der Waals surface area contributed by atoms with E-state index in [-0.39, 0.29) is 35.6 Å². The maximum atomic E-state index is 15.1. The van der Waals surface area contributed by atoms with Crippen LogP contribution in [0.25, 0.3) is 0 Å². The van der Waals surface area contributed by atoms with E-state index in [1.807, 2.05) is 12.1 Å². The van der Waals surface area contributed by atoms with E-state index in [4.69, 9.17) is 4.74 Å². The number of halogens is 3. The Bertz CT molecular complexity index is 834. The average molecular weight is 491 g/mol. The molecule has 0 heterocycles. The summed E-state index contributed by atoms with van der Waals surface area (Å²) in [4.78, 5) is 0. The predicted molar refractivity (Wildman–Crippen MR) is 137 cm³/mol. The topological polar surface area (TPSA) is 9.23 Å². The second-order valence-corrected chi connectivity index (χ2v) is 11.5. The fraction of sp³-hybridized carbons (Fsp3) is 0.742. The van der Waals surface area contributed by atoms with Gasteiger partial charge in [-0.05, 0) is 106 Å². The zero-order chi connectivity index (χ0) is 24.8. The first-order chi connectivity index (χ1) is 17.0. The van der Waals surface area contributed by atoms with Crippen LogP contribution >= 0.6 is 0 Å². The molecule has 4 rings (SSSR count). The number of hydrogen-bond acceptors (Lipinski definition) is 1. The molecule has 1 aromatic carbocycles. The highest BCUT2D eigenvalue weighted by atomic mass is 19.2. The van der Waals surface area contributed by atoms with Crippen molar-refractivity contribution in [1.29, 1.82) is 0 Å². The molecule has 0 aliphatic heterocycles. The predicted octanol–water partition coefficient (Wildman–Crippen LogP) is 9.76. The highest BCUT2D eigenvalue weighted by molar-refractivity contribution is 5.32. The number of ether oxygens (including phenoxy) is 1. The molecule has 1 nitrogen and oxygen atoms in total. The highest BCUT2D eigenvalue weighted by Gasteiger charge is 2.30. The Morgan fingerprint density at radius 2 is 1.37 bits per heavy atom. The van der Waals surface area contributed by atoms with E-state index in [1.165, 1.54) is 6.42 Å². The van der Waals surface area contributed by atoms with Gasteiger partial charge in [0.25, 0.3) is 0 Å². The van der Waals surface area contributed by atoms with Crippen molar-refractivity contribution < 1.29 is 17.9 Å². The van der Waals surface area contributed by atoms with Gasteiger partial charge >= 0.3 is 0 Å². The lowest BCUT2D eigenvalue weighted by molar-refractivity contribution is 0.00808. The van der Waals surface area contributed by atoms with Crippen molar-refractivity contribution in [2.75, 3.05) is 6.61 Å². The van der Waals surface area contributed by atoms with Crippen molar-refractivity contribution in [2.45, 2.75) is 122 Å². The Labute approximate surface area is 210 Å². The summed E-state index contributed by atoms with van der Waals surface area (Å²) < 4.78 is 50.8. The Morgan fingerprint density at radius 3 is 1.91 bits per heavy atom. The number of unbranched alkanes of at least 4 members (excludes halogenated alkanes) is 1. The zero-order valence-electron chi connectivity index (χ0n) is 21.8. The second kappa shape index (κ2) is 12.8. The monoisotopic (exact) mass is 490 g/mol. The van der Waals surface area contributed by atoms with Gasteiger partial charge in [-0.25, -0.2) is 13.2 Å². The first-order valence-electron chi connectivity index (χ1n) is 14.5. The highest BCUT2D eigenvalue weighted by Crippen LogP contribution is 2.41. The van der Waals surface area contributed by atoms with Gasteiger partial charge in [-0.1, -0.05) is 45.2 Å². The zero-order valence-corrected chi connectivity index (χ0v) is 21.8. The summed E-state index contributed by atoms with van der Waals surface area (Å²) in [5.74, 6) is 0.0561. The molecule has 0 spiro atoms. The number of rotatable bonds is 9. The SMILES string of the molecule is CCCCC1CCC(COC2CCC(c3ccc(C4CCC(CC)CC4)c(F)c3F)CC2)C=C1F. The van der Waals surface area contributed by atoms with Crippen LogP contribution in [-0.2, 0) is 4.74 Å². The first-order valence-corrected chi connectivity index (χ1v) is 14.5. The van der Waals surface area contributed by atoms with E-state index in [2.05, 4.69) is 13.8 Å². The van der Waals surface area contributed by atoms with E-state index in [0.29, 0.717) is 17.7 Å². The van der Waals surface area contributed by atoms with E-state index in [0.717, 1.165) is 89.4 Å². The maximum absolute atomic E-state index is 15.1. The molecule has 4 heteroatoms. The molecule has 0 N–H and O–H groups in total. The van der Waals surface area contributed by atoms with Crippen LogP contribution in [0.15, 0.2) is 24.0 Å². The molecule has 35 heavy (non-hydrogen) atoms. The van der Waals surface area contributed by atoms with Gasteiger partial charge in [0.15, 0.2) is 11.6 Å². The van der Waals surface area contributed by atoms with Crippen LogP contribution in [0.5, 0.6) is 0 Å². The third kappa shape index (κ3) is 6.73. The van der Waals surface area contributed by atoms with Crippen LogP contribution in [0.1, 0.15) is 127 Å². The third-order valence-electron chi connectivity index (χ3n) is 9.24. The standard InChI is InChI=1S/C31H45F3O/c1-3-5-6-25-12-9-22(19-29(25)32)20-35-26-15-13-24(14-16-26)28-18-17-27(30(33)31(28)34)23-10-7-21(4-2)8-11-23/h17-19,21-26H,3-16,20H2,1-2H3. The maximum Gasteiger partial charge on any atom is 0.162 e. The Hall–Kier alpha value is -1.29. The van der Waals surface area contributed by atoms with Gasteiger partial charge in [-0.2, -0.15) is 0 Å². The molecule has 2 atom stereocenters. The lowest BCUT2D eigenvalue weighted by Crippen LogP contribution is -2.25. The van der Waals surface area contributed by atoms with Crippen molar-refractivity contribution in [1.82, 2.24) is 0 Å². The summed E-state index contributed by atoms with van der Waals surface area (Å²) in [6.07, 6.45) is 15.7. The molecule has 1 aromatic rings. The van der Waals surface area contributed by atoms with Crippen LogP contribution in [0, 0.1) is 29.4 Å². The van der Waals surface area contributed by atoms with Gasteiger partial charge in [0, 0.05) is 11.8 Å². The van der Waals surface area contributed by atoms with E-state index >= 15 is 8.78 Å². The van der Waals surface area contributed by atoms with Gasteiger partial charge in [-0.15, -0.1) is 0 Å². The molecule has 2 unspecified atom stereocenters. The summed E-state index contributed by atoms with van der Waals surface area (Å²) >= 11 is 0. The summed E-state index contributed by atoms with van der Waals surface area (Å²) in [5, 5.41) is 0. The van der Waals surface area contributed by atoms with Gasteiger partial charge in [0.05, 0.1) is 18.5 Å². The molecular weight excluding hydrogens is 445 g/mol. The molecule has 3 aliphatic carbocycles. The Morgan fingerprint density at radius 1 is 0.771 bits per heavy atom. The fourth-order valence-electron chi connectivity index (χ4n) is 6.75. The third-order valence-corrected chi connectivity index (χ3v) is 9.24. The van der Waals surface area contributed by atoms with Crippen molar-refractivity contribution in [3.8, 4) is 0 Å². The van der Waals surface area contributed by atoms with E-state index in [9.17, 15) is 4.39 Å². The molecule has 2 fully saturated rings. The second-order valence-electron chi connectivity index (χ2n) is 11.5. The average Bonchev–Trinajstić information content (AvgIpc) is 2.89. The van der Waals surface area contributed by atoms with Crippen molar-refractivity contribution >= 4 is 0 Å². The van der Waals surface area contributed by atoms with E-state index in [1.54, 1.807) is 6.08 Å². The number of allylic oxidation sites excluding steroid dienone is 1. The smallest absolute Gasteiger partial charge is 0.162 e. The number of benzene rings is 1.